The fourth-order valence-corrected chi connectivity index (χ4v) is 2.96. The van der Waals surface area contributed by atoms with Crippen molar-refractivity contribution in [3.8, 4) is 0 Å². The summed E-state index contributed by atoms with van der Waals surface area (Å²) in [6.45, 7) is 5.48. The van der Waals surface area contributed by atoms with Crippen LogP contribution >= 0.6 is 0 Å². The zero-order valence-corrected chi connectivity index (χ0v) is 15.5. The minimum absolute atomic E-state index is 0.210. The first kappa shape index (κ1) is 18.8. The largest absolute Gasteiger partial charge is 0.326 e. The van der Waals surface area contributed by atoms with E-state index in [0.717, 1.165) is 19.6 Å². The maximum Gasteiger partial charge on any atom is 0.318 e. The molecule has 1 saturated heterocycles. The van der Waals surface area contributed by atoms with Gasteiger partial charge in [0.05, 0.1) is 0 Å². The number of piperazine rings is 1. The molecule has 27 heavy (non-hydrogen) atoms. The van der Waals surface area contributed by atoms with Crippen molar-refractivity contribution in [2.45, 2.75) is 19.5 Å². The molecule has 1 fully saturated rings. The van der Waals surface area contributed by atoms with Gasteiger partial charge in [-0.05, 0) is 24.6 Å². The topological polar surface area (TPSA) is 77.6 Å². The Hall–Kier alpha value is -2.93. The second-order valence-corrected chi connectivity index (χ2v) is 6.62. The van der Waals surface area contributed by atoms with Crippen molar-refractivity contribution in [3.05, 3.63) is 60.3 Å². The number of rotatable bonds is 5. The molecule has 1 unspecified atom stereocenters. The van der Waals surface area contributed by atoms with E-state index in [-0.39, 0.29) is 11.9 Å². The highest BCUT2D eigenvalue weighted by Gasteiger charge is 2.24. The van der Waals surface area contributed by atoms with Crippen LogP contribution in [-0.2, 0) is 11.3 Å². The summed E-state index contributed by atoms with van der Waals surface area (Å²) in [6.07, 6.45) is 1.60. The number of nitrogens with zero attached hydrogens (tertiary/aromatic N) is 3. The van der Waals surface area contributed by atoms with Gasteiger partial charge in [0.2, 0.25) is 5.91 Å². The first-order valence-electron chi connectivity index (χ1n) is 9.15. The molecule has 1 aromatic heterocycles. The van der Waals surface area contributed by atoms with E-state index in [9.17, 15) is 9.59 Å². The van der Waals surface area contributed by atoms with Crippen LogP contribution in [0.5, 0.6) is 0 Å². The van der Waals surface area contributed by atoms with Crippen molar-refractivity contribution in [1.29, 1.82) is 0 Å². The van der Waals surface area contributed by atoms with Crippen LogP contribution in [0.15, 0.2) is 54.7 Å². The zero-order chi connectivity index (χ0) is 19.1. The molecule has 0 bridgehead atoms. The number of benzene rings is 1. The molecule has 0 aliphatic carbocycles. The number of hydrogen-bond donors (Lipinski definition) is 2. The van der Waals surface area contributed by atoms with Gasteiger partial charge >= 0.3 is 6.03 Å². The molecule has 3 amide bonds. The molecule has 3 rings (SSSR count). The Kier molecular flexibility index (Phi) is 6.38. The molecule has 1 aliphatic rings. The van der Waals surface area contributed by atoms with Crippen LogP contribution in [0.4, 0.5) is 10.6 Å². The summed E-state index contributed by atoms with van der Waals surface area (Å²) in [5, 5.41) is 5.46. The van der Waals surface area contributed by atoms with Crippen molar-refractivity contribution in [2.24, 2.45) is 0 Å². The van der Waals surface area contributed by atoms with Crippen LogP contribution in [0.1, 0.15) is 12.5 Å². The molecule has 0 saturated carbocycles. The fraction of sp³-hybridized carbons (Fsp3) is 0.350. The number of hydrogen-bond acceptors (Lipinski definition) is 4. The van der Waals surface area contributed by atoms with Crippen LogP contribution in [0.2, 0.25) is 0 Å². The Morgan fingerprint density at radius 3 is 2.41 bits per heavy atom. The van der Waals surface area contributed by atoms with Gasteiger partial charge in [-0.3, -0.25) is 9.69 Å². The predicted molar refractivity (Wildman–Crippen MR) is 104 cm³/mol. The molecule has 7 nitrogen and oxygen atoms in total. The minimum Gasteiger partial charge on any atom is -0.326 e. The lowest BCUT2D eigenvalue weighted by molar-refractivity contribution is -0.117. The number of nitrogens with one attached hydrogen (secondary N) is 2. The molecule has 2 heterocycles. The molecule has 1 aliphatic heterocycles. The van der Waals surface area contributed by atoms with Crippen molar-refractivity contribution >= 4 is 17.8 Å². The van der Waals surface area contributed by atoms with Crippen molar-refractivity contribution in [3.63, 3.8) is 0 Å². The van der Waals surface area contributed by atoms with Crippen LogP contribution in [0.3, 0.4) is 0 Å². The van der Waals surface area contributed by atoms with E-state index in [0.29, 0.717) is 18.9 Å². The number of urea groups is 1. The SMILES string of the molecule is CC(NC(=O)N1CCN(Cc2ccccc2)CC1)C(=O)Nc1ccccn1. The van der Waals surface area contributed by atoms with Crippen LogP contribution in [-0.4, -0.2) is 58.9 Å². The maximum absolute atomic E-state index is 12.4. The van der Waals surface area contributed by atoms with Crippen molar-refractivity contribution in [1.82, 2.24) is 20.1 Å². The summed E-state index contributed by atoms with van der Waals surface area (Å²) in [7, 11) is 0. The highest BCUT2D eigenvalue weighted by molar-refractivity contribution is 5.96. The van der Waals surface area contributed by atoms with Gasteiger partial charge in [0.1, 0.15) is 11.9 Å². The third kappa shape index (κ3) is 5.52. The molecule has 7 heteroatoms. The van der Waals surface area contributed by atoms with Gasteiger partial charge < -0.3 is 15.5 Å². The smallest absolute Gasteiger partial charge is 0.318 e. The normalized spacial score (nSPS) is 15.8. The van der Waals surface area contributed by atoms with Gasteiger partial charge in [0.25, 0.3) is 0 Å². The molecule has 0 spiro atoms. The second kappa shape index (κ2) is 9.14. The molecular formula is C20H25N5O2. The van der Waals surface area contributed by atoms with E-state index in [2.05, 4.69) is 32.7 Å². The van der Waals surface area contributed by atoms with Gasteiger partial charge in [-0.2, -0.15) is 0 Å². The summed E-state index contributed by atoms with van der Waals surface area (Å²) in [5.41, 5.74) is 1.27. The second-order valence-electron chi connectivity index (χ2n) is 6.62. The van der Waals surface area contributed by atoms with Crippen LogP contribution in [0, 0.1) is 0 Å². The van der Waals surface area contributed by atoms with Gasteiger partial charge in [0, 0.05) is 38.9 Å². The predicted octanol–water partition coefficient (Wildman–Crippen LogP) is 1.94. The fourth-order valence-electron chi connectivity index (χ4n) is 2.96. The van der Waals surface area contributed by atoms with E-state index in [4.69, 9.17) is 0 Å². The molecule has 2 N–H and O–H groups in total. The highest BCUT2D eigenvalue weighted by Crippen LogP contribution is 2.09. The number of pyridine rings is 1. The maximum atomic E-state index is 12.4. The number of anilines is 1. The van der Waals surface area contributed by atoms with Gasteiger partial charge in [0.15, 0.2) is 0 Å². The number of aromatic nitrogens is 1. The molecule has 2 aromatic rings. The van der Waals surface area contributed by atoms with Gasteiger partial charge in [-0.1, -0.05) is 36.4 Å². The van der Waals surface area contributed by atoms with Crippen LogP contribution in [0.25, 0.3) is 0 Å². The van der Waals surface area contributed by atoms with Crippen LogP contribution < -0.4 is 10.6 Å². The van der Waals surface area contributed by atoms with Gasteiger partial charge in [-0.15, -0.1) is 0 Å². The number of amides is 3. The average molecular weight is 367 g/mol. The first-order chi connectivity index (χ1) is 13.1. The Labute approximate surface area is 159 Å². The number of carbonyl (C=O) groups excluding carboxylic acids is 2. The highest BCUT2D eigenvalue weighted by atomic mass is 16.2. The Morgan fingerprint density at radius 2 is 1.74 bits per heavy atom. The van der Waals surface area contributed by atoms with Gasteiger partial charge in [-0.25, -0.2) is 9.78 Å². The molecule has 1 aromatic carbocycles. The first-order valence-corrected chi connectivity index (χ1v) is 9.15. The Balaban J connectivity index is 1.43. The lowest BCUT2D eigenvalue weighted by Crippen LogP contribution is -2.54. The molecule has 0 radical (unpaired) electrons. The van der Waals surface area contributed by atoms with E-state index in [1.807, 2.05) is 18.2 Å². The Bertz CT molecular complexity index is 745. The van der Waals surface area contributed by atoms with E-state index in [1.54, 1.807) is 36.2 Å². The van der Waals surface area contributed by atoms with E-state index >= 15 is 0 Å². The van der Waals surface area contributed by atoms with E-state index < -0.39 is 6.04 Å². The quantitative estimate of drug-likeness (QED) is 0.847. The molecular weight excluding hydrogens is 342 g/mol. The third-order valence-corrected chi connectivity index (χ3v) is 4.56. The third-order valence-electron chi connectivity index (χ3n) is 4.56. The number of carbonyl (C=O) groups is 2. The van der Waals surface area contributed by atoms with E-state index in [1.165, 1.54) is 5.56 Å². The lowest BCUT2D eigenvalue weighted by Gasteiger charge is -2.35. The Morgan fingerprint density at radius 1 is 1.04 bits per heavy atom. The standard InChI is InChI=1S/C20H25N5O2/c1-16(19(26)23-18-9-5-6-10-21-18)22-20(27)25-13-11-24(12-14-25)15-17-7-3-2-4-8-17/h2-10,16H,11-15H2,1H3,(H,22,27)(H,21,23,26). The van der Waals surface area contributed by atoms with Crippen molar-refractivity contribution < 1.29 is 9.59 Å². The summed E-state index contributed by atoms with van der Waals surface area (Å²) in [4.78, 5) is 32.8. The summed E-state index contributed by atoms with van der Waals surface area (Å²) in [6, 6.07) is 14.7. The summed E-state index contributed by atoms with van der Waals surface area (Å²) < 4.78 is 0. The average Bonchev–Trinajstić information content (AvgIpc) is 2.70. The minimum atomic E-state index is -0.637. The van der Waals surface area contributed by atoms with Crippen molar-refractivity contribution in [2.75, 3.05) is 31.5 Å². The summed E-state index contributed by atoms with van der Waals surface area (Å²) in [5.74, 6) is 0.183. The lowest BCUT2D eigenvalue weighted by atomic mass is 10.2. The molecule has 1 atom stereocenters. The zero-order valence-electron chi connectivity index (χ0n) is 15.5. The monoisotopic (exact) mass is 367 g/mol. The molecule has 142 valence electrons. The summed E-state index contributed by atoms with van der Waals surface area (Å²) >= 11 is 0.